The van der Waals surface area contributed by atoms with Crippen LogP contribution in [0, 0.1) is 6.92 Å². The maximum atomic E-state index is 12.3. The predicted molar refractivity (Wildman–Crippen MR) is 94.1 cm³/mol. The summed E-state index contributed by atoms with van der Waals surface area (Å²) in [6, 6.07) is 7.56. The lowest BCUT2D eigenvalue weighted by atomic mass is 10.1. The van der Waals surface area contributed by atoms with Gasteiger partial charge in [0.15, 0.2) is 0 Å². The number of carbonyl (C=O) groups excluding carboxylic acids is 1. The van der Waals surface area contributed by atoms with Crippen molar-refractivity contribution in [1.29, 1.82) is 0 Å². The maximum absolute atomic E-state index is 12.3. The maximum Gasteiger partial charge on any atom is 0.246 e. The van der Waals surface area contributed by atoms with E-state index >= 15 is 0 Å². The van der Waals surface area contributed by atoms with Gasteiger partial charge in [-0.25, -0.2) is 0 Å². The van der Waals surface area contributed by atoms with Crippen LogP contribution >= 0.6 is 11.3 Å². The van der Waals surface area contributed by atoms with Gasteiger partial charge in [-0.1, -0.05) is 0 Å². The van der Waals surface area contributed by atoms with Crippen molar-refractivity contribution in [2.45, 2.75) is 13.5 Å². The van der Waals surface area contributed by atoms with Crippen molar-refractivity contribution in [3.63, 3.8) is 0 Å². The van der Waals surface area contributed by atoms with Crippen molar-refractivity contribution in [2.75, 3.05) is 21.3 Å². The summed E-state index contributed by atoms with van der Waals surface area (Å²) in [7, 11) is 5.01. The first-order chi connectivity index (χ1) is 11.0. The second-order valence-corrected chi connectivity index (χ2v) is 6.16. The molecule has 0 aliphatic rings. The van der Waals surface area contributed by atoms with E-state index in [1.54, 1.807) is 55.7 Å². The molecule has 0 saturated carbocycles. The number of benzene rings is 1. The van der Waals surface area contributed by atoms with Crippen molar-refractivity contribution in [3.8, 4) is 11.5 Å². The third-order valence-electron chi connectivity index (χ3n) is 3.57. The fraction of sp³-hybridized carbons (Fsp3) is 0.278. The highest BCUT2D eigenvalue weighted by Crippen LogP contribution is 2.25. The van der Waals surface area contributed by atoms with Gasteiger partial charge in [-0.15, -0.1) is 11.3 Å². The van der Waals surface area contributed by atoms with Crippen molar-refractivity contribution < 1.29 is 14.3 Å². The Kier molecular flexibility index (Phi) is 5.82. The molecule has 0 spiro atoms. The van der Waals surface area contributed by atoms with Gasteiger partial charge >= 0.3 is 0 Å². The van der Waals surface area contributed by atoms with Gasteiger partial charge in [0.2, 0.25) is 5.91 Å². The average molecular weight is 331 g/mol. The lowest BCUT2D eigenvalue weighted by Crippen LogP contribution is -2.23. The van der Waals surface area contributed by atoms with Gasteiger partial charge in [0.25, 0.3) is 0 Å². The van der Waals surface area contributed by atoms with Crippen LogP contribution in [0.25, 0.3) is 6.08 Å². The second kappa shape index (κ2) is 7.83. The van der Waals surface area contributed by atoms with Crippen molar-refractivity contribution in [2.24, 2.45) is 0 Å². The number of methoxy groups -OCH3 is 2. The molecule has 2 aromatic rings. The van der Waals surface area contributed by atoms with Gasteiger partial charge in [0.1, 0.15) is 11.5 Å². The zero-order valence-electron chi connectivity index (χ0n) is 13.8. The molecule has 0 aliphatic heterocycles. The summed E-state index contributed by atoms with van der Waals surface area (Å²) >= 11 is 1.67. The first-order valence-corrected chi connectivity index (χ1v) is 8.11. The minimum absolute atomic E-state index is 0.0457. The van der Waals surface area contributed by atoms with Gasteiger partial charge in [0.05, 0.1) is 20.8 Å². The third-order valence-corrected chi connectivity index (χ3v) is 4.58. The third kappa shape index (κ3) is 4.36. The summed E-state index contributed by atoms with van der Waals surface area (Å²) in [5.74, 6) is 1.34. The van der Waals surface area contributed by atoms with E-state index in [0.29, 0.717) is 12.3 Å². The van der Waals surface area contributed by atoms with Gasteiger partial charge in [0, 0.05) is 29.6 Å². The molecular weight excluding hydrogens is 310 g/mol. The number of nitrogens with zero attached hydrogens (tertiary/aromatic N) is 1. The van der Waals surface area contributed by atoms with E-state index in [0.717, 1.165) is 11.3 Å². The van der Waals surface area contributed by atoms with Crippen LogP contribution in [-0.2, 0) is 11.3 Å². The Labute approximate surface area is 141 Å². The van der Waals surface area contributed by atoms with Crippen LogP contribution in [0.5, 0.6) is 11.5 Å². The molecule has 0 N–H and O–H groups in total. The highest BCUT2D eigenvalue weighted by atomic mass is 32.1. The highest BCUT2D eigenvalue weighted by Gasteiger charge is 2.09. The molecule has 2 rings (SSSR count). The summed E-state index contributed by atoms with van der Waals surface area (Å²) in [5.41, 5.74) is 2.05. The molecule has 5 heteroatoms. The van der Waals surface area contributed by atoms with E-state index in [9.17, 15) is 4.79 Å². The number of amides is 1. The summed E-state index contributed by atoms with van der Waals surface area (Å²) in [5, 5.41) is 2.04. The second-order valence-electron chi connectivity index (χ2n) is 5.16. The summed E-state index contributed by atoms with van der Waals surface area (Å²) < 4.78 is 10.5. The van der Waals surface area contributed by atoms with Gasteiger partial charge < -0.3 is 14.4 Å². The first-order valence-electron chi connectivity index (χ1n) is 7.23. The topological polar surface area (TPSA) is 38.8 Å². The molecule has 1 aromatic heterocycles. The van der Waals surface area contributed by atoms with Crippen molar-refractivity contribution in [3.05, 3.63) is 51.7 Å². The minimum Gasteiger partial charge on any atom is -0.497 e. The summed E-state index contributed by atoms with van der Waals surface area (Å²) in [6.45, 7) is 2.68. The zero-order chi connectivity index (χ0) is 16.8. The fourth-order valence-corrected chi connectivity index (χ4v) is 3.06. The van der Waals surface area contributed by atoms with E-state index in [2.05, 4.69) is 13.0 Å². The number of carbonyl (C=O) groups is 1. The lowest BCUT2D eigenvalue weighted by Gasteiger charge is -2.14. The van der Waals surface area contributed by atoms with Gasteiger partial charge in [-0.05, 0) is 42.1 Å². The number of thiophene rings is 1. The molecule has 0 unspecified atom stereocenters. The van der Waals surface area contributed by atoms with Crippen LogP contribution in [-0.4, -0.2) is 32.1 Å². The molecule has 0 radical (unpaired) electrons. The molecule has 1 heterocycles. The van der Waals surface area contributed by atoms with E-state index in [4.69, 9.17) is 9.47 Å². The molecule has 23 heavy (non-hydrogen) atoms. The Morgan fingerprint density at radius 3 is 2.65 bits per heavy atom. The van der Waals surface area contributed by atoms with Gasteiger partial charge in [-0.2, -0.15) is 0 Å². The molecule has 0 fully saturated rings. The molecule has 1 amide bonds. The van der Waals surface area contributed by atoms with Crippen LogP contribution < -0.4 is 9.47 Å². The molecule has 0 atom stereocenters. The number of rotatable bonds is 6. The van der Waals surface area contributed by atoms with E-state index in [-0.39, 0.29) is 5.91 Å². The van der Waals surface area contributed by atoms with Crippen molar-refractivity contribution >= 4 is 23.3 Å². The Balaban J connectivity index is 2.07. The molecule has 0 bridgehead atoms. The number of hydrogen-bond donors (Lipinski definition) is 0. The van der Waals surface area contributed by atoms with Gasteiger partial charge in [-0.3, -0.25) is 4.79 Å². The predicted octanol–water partition coefficient (Wildman–Crippen LogP) is 3.75. The van der Waals surface area contributed by atoms with Crippen LogP contribution in [0.3, 0.4) is 0 Å². The minimum atomic E-state index is -0.0457. The monoisotopic (exact) mass is 331 g/mol. The molecule has 122 valence electrons. The standard InChI is InChI=1S/C18H21NO3S/c1-13-9-10-23-17(13)12-19(2)18(20)8-6-14-5-7-15(21-3)11-16(14)22-4/h5-11H,12H2,1-4H3. The zero-order valence-corrected chi connectivity index (χ0v) is 14.6. The number of aryl methyl sites for hydroxylation is 1. The molecule has 0 aliphatic carbocycles. The molecular formula is C18H21NO3S. The smallest absolute Gasteiger partial charge is 0.246 e. The molecule has 4 nitrogen and oxygen atoms in total. The van der Waals surface area contributed by atoms with Crippen molar-refractivity contribution in [1.82, 2.24) is 4.90 Å². The normalized spacial score (nSPS) is 10.8. The highest BCUT2D eigenvalue weighted by molar-refractivity contribution is 7.10. The average Bonchev–Trinajstić information content (AvgIpc) is 2.97. The lowest BCUT2D eigenvalue weighted by molar-refractivity contribution is -0.125. The largest absolute Gasteiger partial charge is 0.497 e. The SMILES string of the molecule is COc1ccc(C=CC(=O)N(C)Cc2sccc2C)c(OC)c1. The quantitative estimate of drug-likeness (QED) is 0.757. The Hall–Kier alpha value is -2.27. The Morgan fingerprint density at radius 1 is 1.26 bits per heavy atom. The number of likely N-dealkylation sites (N-methyl/N-ethyl adjacent to an activating group) is 1. The van der Waals surface area contributed by atoms with E-state index in [1.165, 1.54) is 10.4 Å². The molecule has 1 aromatic carbocycles. The van der Waals surface area contributed by atoms with E-state index in [1.807, 2.05) is 17.5 Å². The van der Waals surface area contributed by atoms with Crippen LogP contribution in [0.4, 0.5) is 0 Å². The van der Waals surface area contributed by atoms with Crippen LogP contribution in [0.2, 0.25) is 0 Å². The number of ether oxygens (including phenoxy) is 2. The van der Waals surface area contributed by atoms with E-state index < -0.39 is 0 Å². The Morgan fingerprint density at radius 2 is 2.04 bits per heavy atom. The summed E-state index contributed by atoms with van der Waals surface area (Å²) in [6.07, 6.45) is 3.33. The fourth-order valence-electron chi connectivity index (χ4n) is 2.10. The van der Waals surface area contributed by atoms with Crippen LogP contribution in [0.15, 0.2) is 35.7 Å². The molecule has 0 saturated heterocycles. The van der Waals surface area contributed by atoms with Crippen LogP contribution in [0.1, 0.15) is 16.0 Å². The number of hydrogen-bond acceptors (Lipinski definition) is 4. The first kappa shape index (κ1) is 17.1. The summed E-state index contributed by atoms with van der Waals surface area (Å²) in [4.78, 5) is 15.2. The Bertz CT molecular complexity index is 706.